The van der Waals surface area contributed by atoms with Crippen molar-refractivity contribution >= 4 is 0 Å². The first-order valence-corrected chi connectivity index (χ1v) is 6.25. The van der Waals surface area contributed by atoms with Gasteiger partial charge < -0.3 is 10.6 Å². The molecule has 2 rings (SSSR count). The van der Waals surface area contributed by atoms with Gasteiger partial charge in [-0.15, -0.1) is 0 Å². The van der Waals surface area contributed by atoms with Gasteiger partial charge in [-0.3, -0.25) is 0 Å². The zero-order valence-electron chi connectivity index (χ0n) is 9.41. The minimum Gasteiger partial charge on any atom is -0.330 e. The summed E-state index contributed by atoms with van der Waals surface area (Å²) in [6.45, 7) is 5.92. The Balaban J connectivity index is 1.88. The molecule has 2 unspecified atom stereocenters. The summed E-state index contributed by atoms with van der Waals surface area (Å²) in [6, 6.07) is 0.826. The molecule has 2 N–H and O–H groups in total. The van der Waals surface area contributed by atoms with Gasteiger partial charge in [0.15, 0.2) is 0 Å². The van der Waals surface area contributed by atoms with E-state index in [1.165, 1.54) is 45.2 Å². The third-order valence-electron chi connectivity index (χ3n) is 4.21. The van der Waals surface area contributed by atoms with Gasteiger partial charge in [-0.1, -0.05) is 13.3 Å². The first kappa shape index (κ1) is 10.4. The van der Waals surface area contributed by atoms with Gasteiger partial charge in [0.1, 0.15) is 0 Å². The molecule has 0 aromatic heterocycles. The van der Waals surface area contributed by atoms with E-state index in [2.05, 4.69) is 11.8 Å². The molecule has 1 aliphatic heterocycles. The van der Waals surface area contributed by atoms with Crippen LogP contribution in [0.5, 0.6) is 0 Å². The van der Waals surface area contributed by atoms with Crippen molar-refractivity contribution < 1.29 is 0 Å². The van der Waals surface area contributed by atoms with Crippen molar-refractivity contribution in [2.45, 2.75) is 45.1 Å². The van der Waals surface area contributed by atoms with Gasteiger partial charge in [0.2, 0.25) is 0 Å². The van der Waals surface area contributed by atoms with Crippen molar-refractivity contribution in [3.05, 3.63) is 0 Å². The number of rotatable bonds is 2. The largest absolute Gasteiger partial charge is 0.330 e. The van der Waals surface area contributed by atoms with E-state index in [1.54, 1.807) is 0 Å². The van der Waals surface area contributed by atoms with Crippen LogP contribution in [0.4, 0.5) is 0 Å². The Morgan fingerprint density at radius 3 is 2.50 bits per heavy atom. The summed E-state index contributed by atoms with van der Waals surface area (Å²) >= 11 is 0. The van der Waals surface area contributed by atoms with Crippen molar-refractivity contribution in [3.63, 3.8) is 0 Å². The van der Waals surface area contributed by atoms with Gasteiger partial charge in [-0.05, 0) is 57.2 Å². The molecule has 1 heterocycles. The van der Waals surface area contributed by atoms with Crippen molar-refractivity contribution in [2.24, 2.45) is 17.6 Å². The lowest BCUT2D eigenvalue weighted by Crippen LogP contribution is -2.44. The van der Waals surface area contributed by atoms with E-state index in [-0.39, 0.29) is 0 Å². The molecule has 2 nitrogen and oxygen atoms in total. The smallest absolute Gasteiger partial charge is 0.0136 e. The van der Waals surface area contributed by atoms with E-state index >= 15 is 0 Å². The SMILES string of the molecule is CC1CCN(C2CCCC2CN)CC1. The summed E-state index contributed by atoms with van der Waals surface area (Å²) < 4.78 is 0. The van der Waals surface area contributed by atoms with Crippen molar-refractivity contribution in [1.29, 1.82) is 0 Å². The lowest BCUT2D eigenvalue weighted by atomic mass is 9.95. The minimum atomic E-state index is 0.795. The van der Waals surface area contributed by atoms with Crippen molar-refractivity contribution in [1.82, 2.24) is 4.90 Å². The zero-order chi connectivity index (χ0) is 9.97. The van der Waals surface area contributed by atoms with Gasteiger partial charge in [-0.25, -0.2) is 0 Å². The molecule has 0 spiro atoms. The molecule has 0 bridgehead atoms. The molecule has 1 saturated heterocycles. The highest BCUT2D eigenvalue weighted by atomic mass is 15.2. The highest BCUT2D eigenvalue weighted by Crippen LogP contribution is 2.31. The third kappa shape index (κ3) is 2.12. The Morgan fingerprint density at radius 1 is 1.14 bits per heavy atom. The zero-order valence-corrected chi connectivity index (χ0v) is 9.41. The second-order valence-corrected chi connectivity index (χ2v) is 5.21. The van der Waals surface area contributed by atoms with E-state index in [1.807, 2.05) is 0 Å². The Morgan fingerprint density at radius 2 is 1.86 bits per heavy atom. The highest BCUT2D eigenvalue weighted by molar-refractivity contribution is 4.87. The highest BCUT2D eigenvalue weighted by Gasteiger charge is 2.32. The predicted molar refractivity (Wildman–Crippen MR) is 60.2 cm³/mol. The van der Waals surface area contributed by atoms with Gasteiger partial charge in [-0.2, -0.15) is 0 Å². The molecule has 14 heavy (non-hydrogen) atoms. The molecule has 0 aromatic rings. The van der Waals surface area contributed by atoms with E-state index in [0.717, 1.165) is 24.4 Å². The quantitative estimate of drug-likeness (QED) is 0.730. The Labute approximate surface area is 87.8 Å². The fourth-order valence-electron chi connectivity index (χ4n) is 3.13. The number of hydrogen-bond acceptors (Lipinski definition) is 2. The summed E-state index contributed by atoms with van der Waals surface area (Å²) in [7, 11) is 0. The van der Waals surface area contributed by atoms with E-state index < -0.39 is 0 Å². The second-order valence-electron chi connectivity index (χ2n) is 5.21. The summed E-state index contributed by atoms with van der Waals surface area (Å²) in [5.41, 5.74) is 5.83. The van der Waals surface area contributed by atoms with Crippen LogP contribution < -0.4 is 5.73 Å². The van der Waals surface area contributed by atoms with Crippen LogP contribution in [0.15, 0.2) is 0 Å². The Hall–Kier alpha value is -0.0800. The number of hydrogen-bond donors (Lipinski definition) is 1. The fourth-order valence-corrected chi connectivity index (χ4v) is 3.13. The maximum Gasteiger partial charge on any atom is 0.0136 e. The molecular formula is C12H24N2. The molecule has 0 radical (unpaired) electrons. The van der Waals surface area contributed by atoms with Crippen LogP contribution in [-0.2, 0) is 0 Å². The monoisotopic (exact) mass is 196 g/mol. The first-order chi connectivity index (χ1) is 6.81. The van der Waals surface area contributed by atoms with Crippen molar-refractivity contribution in [3.8, 4) is 0 Å². The van der Waals surface area contributed by atoms with Crippen molar-refractivity contribution in [2.75, 3.05) is 19.6 Å². The average molecular weight is 196 g/mol. The molecule has 2 heteroatoms. The van der Waals surface area contributed by atoms with Gasteiger partial charge in [0.25, 0.3) is 0 Å². The van der Waals surface area contributed by atoms with Gasteiger partial charge in [0, 0.05) is 6.04 Å². The number of likely N-dealkylation sites (tertiary alicyclic amines) is 1. The van der Waals surface area contributed by atoms with Crippen LogP contribution >= 0.6 is 0 Å². The van der Waals surface area contributed by atoms with Gasteiger partial charge >= 0.3 is 0 Å². The van der Waals surface area contributed by atoms with E-state index in [0.29, 0.717) is 0 Å². The summed E-state index contributed by atoms with van der Waals surface area (Å²) in [5, 5.41) is 0. The van der Waals surface area contributed by atoms with Crippen LogP contribution in [0.1, 0.15) is 39.0 Å². The molecule has 0 amide bonds. The number of piperidine rings is 1. The molecule has 82 valence electrons. The molecule has 1 aliphatic carbocycles. The lowest BCUT2D eigenvalue weighted by Gasteiger charge is -2.37. The molecule has 2 fully saturated rings. The van der Waals surface area contributed by atoms with E-state index in [9.17, 15) is 0 Å². The maximum atomic E-state index is 5.83. The standard InChI is InChI=1S/C12H24N2/c1-10-5-7-14(8-6-10)12-4-2-3-11(12)9-13/h10-12H,2-9,13H2,1H3. The summed E-state index contributed by atoms with van der Waals surface area (Å²) in [4.78, 5) is 2.71. The predicted octanol–water partition coefficient (Wildman–Crippen LogP) is 1.85. The molecule has 2 atom stereocenters. The van der Waals surface area contributed by atoms with Gasteiger partial charge in [0.05, 0.1) is 0 Å². The molecule has 1 saturated carbocycles. The van der Waals surface area contributed by atoms with Crippen LogP contribution in [0.2, 0.25) is 0 Å². The van der Waals surface area contributed by atoms with Crippen LogP contribution in [0, 0.1) is 11.8 Å². The molecule has 0 aromatic carbocycles. The number of nitrogens with zero attached hydrogens (tertiary/aromatic N) is 1. The lowest BCUT2D eigenvalue weighted by molar-refractivity contribution is 0.114. The van der Waals surface area contributed by atoms with E-state index in [4.69, 9.17) is 5.73 Å². The average Bonchev–Trinajstić information content (AvgIpc) is 2.67. The topological polar surface area (TPSA) is 29.3 Å². The number of nitrogens with two attached hydrogens (primary N) is 1. The summed E-state index contributed by atoms with van der Waals surface area (Å²) in [5.74, 6) is 1.74. The first-order valence-electron chi connectivity index (χ1n) is 6.25. The Kier molecular flexibility index (Phi) is 3.45. The molecular weight excluding hydrogens is 172 g/mol. The normalized spacial score (nSPS) is 36.4. The fraction of sp³-hybridized carbons (Fsp3) is 1.00. The molecule has 2 aliphatic rings. The third-order valence-corrected chi connectivity index (χ3v) is 4.21. The Bertz CT molecular complexity index is 173. The summed E-state index contributed by atoms with van der Waals surface area (Å²) in [6.07, 6.45) is 6.96. The minimum absolute atomic E-state index is 0.795. The van der Waals surface area contributed by atoms with Crippen LogP contribution in [0.3, 0.4) is 0 Å². The maximum absolute atomic E-state index is 5.83. The second kappa shape index (κ2) is 4.63. The van der Waals surface area contributed by atoms with Crippen LogP contribution in [0.25, 0.3) is 0 Å². The van der Waals surface area contributed by atoms with Crippen LogP contribution in [-0.4, -0.2) is 30.6 Å².